The van der Waals surface area contributed by atoms with Crippen molar-refractivity contribution in [1.82, 2.24) is 40.4 Å². The van der Waals surface area contributed by atoms with E-state index in [0.29, 0.717) is 31.2 Å². The summed E-state index contributed by atoms with van der Waals surface area (Å²) in [5, 5.41) is 16.5. The zero-order valence-corrected chi connectivity index (χ0v) is 34.5. The molecule has 0 aliphatic carbocycles. The highest BCUT2D eigenvalue weighted by Crippen LogP contribution is 2.44. The molecule has 2 fully saturated rings. The number of ether oxygens (including phenoxy) is 2. The summed E-state index contributed by atoms with van der Waals surface area (Å²) in [4.78, 5) is 71.6. The average Bonchev–Trinajstić information content (AvgIpc) is 4.03. The van der Waals surface area contributed by atoms with E-state index in [2.05, 4.69) is 63.9 Å². The van der Waals surface area contributed by atoms with Crippen LogP contribution < -0.4 is 15.4 Å². The van der Waals surface area contributed by atoms with Crippen molar-refractivity contribution in [3.63, 3.8) is 0 Å². The van der Waals surface area contributed by atoms with E-state index in [1.54, 1.807) is 11.1 Å². The van der Waals surface area contributed by atoms with Gasteiger partial charge in [0.15, 0.2) is 0 Å². The van der Waals surface area contributed by atoms with Gasteiger partial charge in [0.25, 0.3) is 0 Å². The summed E-state index contributed by atoms with van der Waals surface area (Å²) in [6.45, 7) is 12.5. The number of likely N-dealkylation sites (tertiary alicyclic amines) is 2. The highest BCUT2D eigenvalue weighted by molar-refractivity contribution is 6.07. The number of hydrogen-bond donors (Lipinski definition) is 5. The highest BCUT2D eigenvalue weighted by Gasteiger charge is 2.42. The monoisotopic (exact) mass is 804 g/mol. The molecule has 8 rings (SSSR count). The fraction of sp³-hybridized carbons (Fsp3) is 0.455. The Balaban J connectivity index is 1.05. The molecule has 3 aliphatic heterocycles. The number of carboxylic acid groups (broad SMARTS) is 1. The van der Waals surface area contributed by atoms with Crippen molar-refractivity contribution < 1.29 is 33.8 Å². The van der Waals surface area contributed by atoms with E-state index in [1.807, 2.05) is 45.6 Å². The minimum Gasteiger partial charge on any atom is -0.488 e. The highest BCUT2D eigenvalue weighted by atomic mass is 16.5. The number of amides is 4. The Bertz CT molecular complexity index is 2460. The number of nitrogens with one attached hydrogen (secondary N) is 4. The predicted molar refractivity (Wildman–Crippen MR) is 221 cm³/mol. The number of nitrogens with zero attached hydrogens (tertiary/aromatic N) is 4. The summed E-state index contributed by atoms with van der Waals surface area (Å²) < 4.78 is 11.2. The lowest BCUT2D eigenvalue weighted by Crippen LogP contribution is -2.52. The molecule has 15 heteroatoms. The van der Waals surface area contributed by atoms with Crippen molar-refractivity contribution in [2.45, 2.75) is 97.6 Å². The molecular weight excluding hydrogens is 753 g/mol. The molecule has 3 aliphatic rings. The van der Waals surface area contributed by atoms with Gasteiger partial charge in [-0.1, -0.05) is 52.8 Å². The first-order valence-electron chi connectivity index (χ1n) is 20.5. The molecule has 6 atom stereocenters. The van der Waals surface area contributed by atoms with Gasteiger partial charge in [-0.3, -0.25) is 9.59 Å². The normalized spacial score (nSPS) is 21.0. The molecule has 0 bridgehead atoms. The van der Waals surface area contributed by atoms with Gasteiger partial charge in [-0.2, -0.15) is 0 Å². The number of imidazole rings is 2. The van der Waals surface area contributed by atoms with Gasteiger partial charge in [0, 0.05) is 23.5 Å². The first kappa shape index (κ1) is 39.7. The van der Waals surface area contributed by atoms with Gasteiger partial charge in [-0.25, -0.2) is 19.6 Å². The molecule has 310 valence electrons. The summed E-state index contributed by atoms with van der Waals surface area (Å²) in [6, 6.07) is 12.3. The van der Waals surface area contributed by atoms with Crippen molar-refractivity contribution in [2.24, 2.45) is 17.8 Å². The van der Waals surface area contributed by atoms with Crippen LogP contribution in [0.1, 0.15) is 90.1 Å². The molecule has 0 radical (unpaired) electrons. The molecule has 5 aromatic rings. The van der Waals surface area contributed by atoms with Gasteiger partial charge in [-0.15, -0.1) is 0 Å². The lowest BCUT2D eigenvalue weighted by molar-refractivity contribution is -0.137. The summed E-state index contributed by atoms with van der Waals surface area (Å²) in [6.07, 6.45) is 2.20. The van der Waals surface area contributed by atoms with Gasteiger partial charge < -0.3 is 45.0 Å². The minimum atomic E-state index is -1.22. The number of hydrogen-bond acceptors (Lipinski definition) is 8. The van der Waals surface area contributed by atoms with Crippen molar-refractivity contribution in [1.29, 1.82) is 0 Å². The Morgan fingerprint density at radius 2 is 1.66 bits per heavy atom. The van der Waals surface area contributed by atoms with E-state index in [-0.39, 0.29) is 47.7 Å². The number of H-pyrrole nitrogens is 2. The summed E-state index contributed by atoms with van der Waals surface area (Å²) in [5.41, 5.74) is 6.51. The molecule has 5 N–H and O–H groups in total. The number of alkyl carbamates (subject to hydrolysis) is 1. The number of methoxy groups -OCH3 is 1. The third-order valence-electron chi connectivity index (χ3n) is 12.2. The van der Waals surface area contributed by atoms with E-state index in [9.17, 15) is 24.3 Å². The zero-order valence-electron chi connectivity index (χ0n) is 34.5. The van der Waals surface area contributed by atoms with E-state index >= 15 is 0 Å². The minimum absolute atomic E-state index is 0.0661. The predicted octanol–water partition coefficient (Wildman–Crippen LogP) is 7.30. The van der Waals surface area contributed by atoms with Crippen molar-refractivity contribution in [3.05, 3.63) is 65.9 Å². The van der Waals surface area contributed by atoms with Crippen LogP contribution in [0.5, 0.6) is 5.75 Å². The van der Waals surface area contributed by atoms with Crippen LogP contribution in [-0.2, 0) is 20.9 Å². The second-order valence-electron chi connectivity index (χ2n) is 17.1. The quantitative estimate of drug-likeness (QED) is 0.102. The number of aromatic nitrogens is 4. The largest absolute Gasteiger partial charge is 0.488 e. The van der Waals surface area contributed by atoms with E-state index in [0.717, 1.165) is 68.3 Å². The Labute approximate surface area is 342 Å². The molecule has 0 unspecified atom stereocenters. The molecule has 0 saturated carbocycles. The first-order valence-corrected chi connectivity index (χ1v) is 20.5. The van der Waals surface area contributed by atoms with Crippen LogP contribution >= 0.6 is 0 Å². The first-order chi connectivity index (χ1) is 28.2. The Morgan fingerprint density at radius 3 is 2.39 bits per heavy atom. The van der Waals surface area contributed by atoms with Crippen LogP contribution in [0, 0.1) is 17.8 Å². The maximum atomic E-state index is 13.8. The van der Waals surface area contributed by atoms with Gasteiger partial charge in [0.05, 0.1) is 42.1 Å². The Morgan fingerprint density at radius 1 is 0.898 bits per heavy atom. The second-order valence-corrected chi connectivity index (χ2v) is 17.1. The number of rotatable bonds is 9. The van der Waals surface area contributed by atoms with Crippen LogP contribution in [0.25, 0.3) is 44.2 Å². The maximum absolute atomic E-state index is 13.8. The van der Waals surface area contributed by atoms with Gasteiger partial charge >= 0.3 is 12.2 Å². The Kier molecular flexibility index (Phi) is 10.5. The lowest BCUT2D eigenvalue weighted by atomic mass is 9.92. The summed E-state index contributed by atoms with van der Waals surface area (Å²) in [5.74, 6) is 1.66. The summed E-state index contributed by atoms with van der Waals surface area (Å²) in [7, 11) is 1.29. The van der Waals surface area contributed by atoms with Crippen LogP contribution in [0.3, 0.4) is 0 Å². The van der Waals surface area contributed by atoms with E-state index in [1.165, 1.54) is 7.11 Å². The molecule has 5 heterocycles. The molecule has 2 saturated heterocycles. The van der Waals surface area contributed by atoms with Crippen LogP contribution in [0.4, 0.5) is 9.59 Å². The van der Waals surface area contributed by atoms with Crippen molar-refractivity contribution in [2.75, 3.05) is 13.7 Å². The van der Waals surface area contributed by atoms with Crippen molar-refractivity contribution >= 4 is 45.8 Å². The molecular formula is C44H52N8O7. The number of aromatic amines is 2. The second kappa shape index (κ2) is 15.6. The number of fused-ring (bicyclic) bond motifs is 6. The number of carbonyl (C=O) groups is 4. The average molecular weight is 805 g/mol. The maximum Gasteiger partial charge on any atom is 0.407 e. The molecule has 2 aromatic heterocycles. The van der Waals surface area contributed by atoms with Gasteiger partial charge in [0.2, 0.25) is 11.8 Å². The van der Waals surface area contributed by atoms with E-state index in [4.69, 9.17) is 19.4 Å². The van der Waals surface area contributed by atoms with E-state index < -0.39 is 24.3 Å². The fourth-order valence-electron chi connectivity index (χ4n) is 9.15. The zero-order chi connectivity index (χ0) is 41.9. The molecule has 0 spiro atoms. The third-order valence-corrected chi connectivity index (χ3v) is 12.2. The van der Waals surface area contributed by atoms with Gasteiger partial charge in [0.1, 0.15) is 36.1 Å². The third kappa shape index (κ3) is 7.31. The Hall–Kier alpha value is -6.12. The molecule has 3 aromatic carbocycles. The smallest absolute Gasteiger partial charge is 0.407 e. The SMILES string of the molecule is COC(=O)N[C@H](C(=O)N1C[C@@H](C)C[C@H]1c1ncc(-c2ccc3c(c2)COc2cc4c(ccc5nc([C@@H]6CC[C@H](C)N6C(=O)[C@@H](NC(=O)O)C(C)C)[nH]c54)cc2-3)[nH]1)C(C)C. The molecule has 59 heavy (non-hydrogen) atoms. The topological polar surface area (TPSA) is 195 Å². The molecule has 4 amide bonds. The lowest BCUT2D eigenvalue weighted by Gasteiger charge is -2.32. The van der Waals surface area contributed by atoms with Crippen LogP contribution in [-0.4, -0.2) is 90.6 Å². The molecule has 15 nitrogen and oxygen atoms in total. The fourth-order valence-corrected chi connectivity index (χ4v) is 9.15. The summed E-state index contributed by atoms with van der Waals surface area (Å²) >= 11 is 0. The number of carbonyl (C=O) groups excluding carboxylic acids is 3. The van der Waals surface area contributed by atoms with Crippen LogP contribution in [0.2, 0.25) is 0 Å². The standard InChI is InChI=1S/C44H52N8O7/c1-21(2)36(50-44(57)58-7)41(53)51-19-23(5)14-34(51)39-45-18-32(47-39)26-9-11-28-27(15-26)20-59-35-17-29-25(16-30(28)35)10-12-31-38(29)48-40(46-31)33-13-8-24(6)52(33)42(54)37(22(3)4)49-43(55)56/h9-12,15-18,21-24,33-34,36-37,49H,8,13-14,19-20H2,1-7H3,(H,45,47)(H,46,48)(H,50,57)(H,55,56)/t23-,24-,33-,34-,36-,37-/m0/s1. The van der Waals surface area contributed by atoms with Gasteiger partial charge in [-0.05, 0) is 90.3 Å². The number of benzene rings is 3. The van der Waals surface area contributed by atoms with Crippen molar-refractivity contribution in [3.8, 4) is 28.1 Å². The van der Waals surface area contributed by atoms with Crippen LogP contribution in [0.15, 0.2) is 48.7 Å².